The molecule has 0 saturated carbocycles. The van der Waals surface area contributed by atoms with E-state index in [1.165, 1.54) is 0 Å². The van der Waals surface area contributed by atoms with Crippen LogP contribution in [0.15, 0.2) is 12.1 Å². The predicted octanol–water partition coefficient (Wildman–Crippen LogP) is 1.74. The van der Waals surface area contributed by atoms with E-state index >= 15 is 0 Å². The molecule has 0 atom stereocenters. The van der Waals surface area contributed by atoms with Crippen LogP contribution < -0.4 is 5.90 Å². The van der Waals surface area contributed by atoms with Crippen LogP contribution in [0, 0.1) is 6.92 Å². The molecule has 0 aliphatic heterocycles. The van der Waals surface area contributed by atoms with E-state index in [2.05, 4.69) is 4.84 Å². The zero-order valence-corrected chi connectivity index (χ0v) is 7.43. The Hall–Kier alpha value is -0.770. The summed E-state index contributed by atoms with van der Waals surface area (Å²) in [5, 5.41) is 10.0. The number of hydrogen-bond donors (Lipinski definition) is 2. The van der Waals surface area contributed by atoms with Crippen molar-refractivity contribution in [2.24, 2.45) is 5.90 Å². The summed E-state index contributed by atoms with van der Waals surface area (Å²) in [7, 11) is 0. The van der Waals surface area contributed by atoms with Crippen molar-refractivity contribution in [1.29, 1.82) is 0 Å². The van der Waals surface area contributed by atoms with Crippen LogP contribution in [-0.2, 0) is 11.4 Å². The van der Waals surface area contributed by atoms with Crippen LogP contribution in [0.1, 0.15) is 11.1 Å². The molecule has 0 heterocycles. The molecular formula is C8H10ClNO2. The number of rotatable bonds is 2. The summed E-state index contributed by atoms with van der Waals surface area (Å²) in [5.41, 5.74) is 1.32. The van der Waals surface area contributed by atoms with Crippen molar-refractivity contribution in [2.75, 3.05) is 0 Å². The minimum Gasteiger partial charge on any atom is -0.507 e. The van der Waals surface area contributed by atoms with E-state index in [0.29, 0.717) is 10.6 Å². The SMILES string of the molecule is Cc1cc(Cl)cc(CON)c1O. The van der Waals surface area contributed by atoms with Crippen molar-refractivity contribution in [3.8, 4) is 5.75 Å². The van der Waals surface area contributed by atoms with Gasteiger partial charge in [0.05, 0.1) is 6.61 Å². The largest absolute Gasteiger partial charge is 0.507 e. The van der Waals surface area contributed by atoms with Crippen LogP contribution in [0.25, 0.3) is 0 Å². The number of benzene rings is 1. The molecule has 4 heteroatoms. The first-order chi connectivity index (χ1) is 5.65. The Balaban J connectivity index is 3.09. The van der Waals surface area contributed by atoms with Gasteiger partial charge in [-0.1, -0.05) is 11.6 Å². The van der Waals surface area contributed by atoms with Crippen molar-refractivity contribution < 1.29 is 9.94 Å². The average Bonchev–Trinajstić information content (AvgIpc) is 2.00. The second-order valence-electron chi connectivity index (χ2n) is 2.54. The highest BCUT2D eigenvalue weighted by Gasteiger charge is 2.05. The van der Waals surface area contributed by atoms with Gasteiger partial charge in [-0.2, -0.15) is 0 Å². The summed E-state index contributed by atoms with van der Waals surface area (Å²) in [6.07, 6.45) is 0. The van der Waals surface area contributed by atoms with Crippen LogP contribution in [0.3, 0.4) is 0 Å². The molecule has 66 valence electrons. The smallest absolute Gasteiger partial charge is 0.124 e. The third-order valence-electron chi connectivity index (χ3n) is 1.58. The maximum atomic E-state index is 9.46. The Kier molecular flexibility index (Phi) is 2.92. The zero-order chi connectivity index (χ0) is 9.14. The first-order valence-corrected chi connectivity index (χ1v) is 3.82. The molecule has 1 aromatic rings. The maximum Gasteiger partial charge on any atom is 0.124 e. The Morgan fingerprint density at radius 3 is 2.83 bits per heavy atom. The number of aromatic hydroxyl groups is 1. The Morgan fingerprint density at radius 1 is 1.58 bits per heavy atom. The summed E-state index contributed by atoms with van der Waals surface area (Å²) in [5.74, 6) is 5.06. The Morgan fingerprint density at radius 2 is 2.25 bits per heavy atom. The molecule has 0 spiro atoms. The topological polar surface area (TPSA) is 55.5 Å². The van der Waals surface area contributed by atoms with Gasteiger partial charge in [-0.25, -0.2) is 5.90 Å². The first kappa shape index (κ1) is 9.32. The average molecular weight is 188 g/mol. The van der Waals surface area contributed by atoms with Crippen LogP contribution >= 0.6 is 11.6 Å². The highest BCUT2D eigenvalue weighted by molar-refractivity contribution is 6.30. The van der Waals surface area contributed by atoms with Gasteiger partial charge >= 0.3 is 0 Å². The van der Waals surface area contributed by atoms with Crippen molar-refractivity contribution in [2.45, 2.75) is 13.5 Å². The van der Waals surface area contributed by atoms with E-state index in [9.17, 15) is 5.11 Å². The molecule has 0 radical (unpaired) electrons. The number of aryl methyl sites for hydroxylation is 1. The fourth-order valence-electron chi connectivity index (χ4n) is 1.00. The molecule has 0 aliphatic carbocycles. The predicted molar refractivity (Wildman–Crippen MR) is 46.8 cm³/mol. The van der Waals surface area contributed by atoms with Crippen molar-refractivity contribution in [1.82, 2.24) is 0 Å². The fourth-order valence-corrected chi connectivity index (χ4v) is 1.30. The van der Waals surface area contributed by atoms with E-state index in [1.54, 1.807) is 19.1 Å². The molecule has 0 amide bonds. The summed E-state index contributed by atoms with van der Waals surface area (Å²) in [6, 6.07) is 3.30. The summed E-state index contributed by atoms with van der Waals surface area (Å²) < 4.78 is 0. The lowest BCUT2D eigenvalue weighted by molar-refractivity contribution is 0.122. The molecule has 0 aliphatic rings. The molecule has 12 heavy (non-hydrogen) atoms. The van der Waals surface area contributed by atoms with Gasteiger partial charge in [-0.3, -0.25) is 4.84 Å². The van der Waals surface area contributed by atoms with E-state index in [0.717, 1.165) is 5.56 Å². The van der Waals surface area contributed by atoms with Gasteiger partial charge < -0.3 is 5.11 Å². The van der Waals surface area contributed by atoms with E-state index in [1.807, 2.05) is 0 Å². The summed E-state index contributed by atoms with van der Waals surface area (Å²) >= 11 is 5.75. The zero-order valence-electron chi connectivity index (χ0n) is 6.67. The van der Waals surface area contributed by atoms with Crippen molar-refractivity contribution in [3.63, 3.8) is 0 Å². The molecule has 3 nitrogen and oxygen atoms in total. The lowest BCUT2D eigenvalue weighted by Crippen LogP contribution is -1.99. The number of nitrogens with two attached hydrogens (primary N) is 1. The van der Waals surface area contributed by atoms with Gasteiger partial charge in [0.15, 0.2) is 0 Å². The Labute approximate surface area is 75.7 Å². The second kappa shape index (κ2) is 3.76. The number of hydrogen-bond acceptors (Lipinski definition) is 3. The lowest BCUT2D eigenvalue weighted by Gasteiger charge is -2.06. The van der Waals surface area contributed by atoms with E-state index in [4.69, 9.17) is 17.5 Å². The molecular weight excluding hydrogens is 178 g/mol. The number of phenols is 1. The van der Waals surface area contributed by atoms with Gasteiger partial charge in [0.1, 0.15) is 5.75 Å². The number of halogens is 1. The quantitative estimate of drug-likeness (QED) is 0.694. The van der Waals surface area contributed by atoms with Gasteiger partial charge in [-0.15, -0.1) is 0 Å². The normalized spacial score (nSPS) is 10.2. The third-order valence-corrected chi connectivity index (χ3v) is 1.80. The minimum atomic E-state index is 0.160. The van der Waals surface area contributed by atoms with Gasteiger partial charge in [-0.05, 0) is 24.6 Å². The minimum absolute atomic E-state index is 0.160. The standard InChI is InChI=1S/C8H10ClNO2/c1-5-2-7(9)3-6(4-12-10)8(5)11/h2-3,11H,4,10H2,1H3. The number of phenolic OH excluding ortho intramolecular Hbond substituents is 1. The van der Waals surface area contributed by atoms with Crippen LogP contribution in [0.4, 0.5) is 0 Å². The highest BCUT2D eigenvalue weighted by atomic mass is 35.5. The fraction of sp³-hybridized carbons (Fsp3) is 0.250. The van der Waals surface area contributed by atoms with Crippen LogP contribution in [-0.4, -0.2) is 5.11 Å². The lowest BCUT2D eigenvalue weighted by atomic mass is 10.1. The Bertz CT molecular complexity index is 289. The molecule has 0 saturated heterocycles. The molecule has 1 rings (SSSR count). The van der Waals surface area contributed by atoms with E-state index < -0.39 is 0 Å². The monoisotopic (exact) mass is 187 g/mol. The molecule has 0 unspecified atom stereocenters. The van der Waals surface area contributed by atoms with Crippen LogP contribution in [0.5, 0.6) is 5.75 Å². The summed E-state index contributed by atoms with van der Waals surface area (Å²) in [6.45, 7) is 1.93. The van der Waals surface area contributed by atoms with Gasteiger partial charge in [0.25, 0.3) is 0 Å². The highest BCUT2D eigenvalue weighted by Crippen LogP contribution is 2.26. The van der Waals surface area contributed by atoms with Crippen molar-refractivity contribution >= 4 is 11.6 Å². The maximum absolute atomic E-state index is 9.46. The van der Waals surface area contributed by atoms with Crippen molar-refractivity contribution in [3.05, 3.63) is 28.3 Å². The van der Waals surface area contributed by atoms with Gasteiger partial charge in [0, 0.05) is 10.6 Å². The third kappa shape index (κ3) is 1.88. The molecule has 0 bridgehead atoms. The van der Waals surface area contributed by atoms with Gasteiger partial charge in [0.2, 0.25) is 0 Å². The summed E-state index contributed by atoms with van der Waals surface area (Å²) in [4.78, 5) is 4.40. The van der Waals surface area contributed by atoms with Crippen LogP contribution in [0.2, 0.25) is 5.02 Å². The second-order valence-corrected chi connectivity index (χ2v) is 2.98. The molecule has 0 aromatic heterocycles. The molecule has 1 aromatic carbocycles. The molecule has 0 fully saturated rings. The van der Waals surface area contributed by atoms with E-state index in [-0.39, 0.29) is 12.4 Å². The molecule has 3 N–H and O–H groups in total. The first-order valence-electron chi connectivity index (χ1n) is 3.45.